The molecule has 18 heavy (non-hydrogen) atoms. The van der Waals surface area contributed by atoms with Crippen molar-refractivity contribution in [1.29, 1.82) is 0 Å². The molecule has 0 saturated heterocycles. The summed E-state index contributed by atoms with van der Waals surface area (Å²) in [6.45, 7) is 0.347. The van der Waals surface area contributed by atoms with E-state index in [2.05, 4.69) is 4.98 Å². The van der Waals surface area contributed by atoms with E-state index in [9.17, 15) is 8.78 Å². The van der Waals surface area contributed by atoms with E-state index in [0.717, 1.165) is 10.9 Å². The monoisotopic (exact) mass is 251 g/mol. The summed E-state index contributed by atoms with van der Waals surface area (Å²) in [7, 11) is 0. The zero-order chi connectivity index (χ0) is 13.0. The molecule has 0 atom stereocenters. The Bertz CT molecular complexity index is 516. The van der Waals surface area contributed by atoms with Crippen LogP contribution in [0.25, 0.3) is 10.9 Å². The van der Waals surface area contributed by atoms with Crippen LogP contribution in [-0.4, -0.2) is 31.0 Å². The van der Waals surface area contributed by atoms with Gasteiger partial charge >= 0.3 is 0 Å². The second kappa shape index (κ2) is 5.73. The number of pyridine rings is 1. The molecular weight excluding hydrogens is 236 g/mol. The van der Waals surface area contributed by atoms with Gasteiger partial charge in [0.1, 0.15) is 5.82 Å². The summed E-state index contributed by atoms with van der Waals surface area (Å²) in [6, 6.07) is 11.2. The molecule has 1 aromatic carbocycles. The molecule has 0 aliphatic rings. The summed E-state index contributed by atoms with van der Waals surface area (Å²) in [6.07, 6.45) is -2.40. The standard InChI is InChI=1S/C13H15F2N3/c14-12(15)9-18(8-7-16)13-6-5-10-3-1-2-4-11(10)17-13/h1-6,12H,7-9,16H2. The molecule has 0 amide bonds. The van der Waals surface area contributed by atoms with Crippen LogP contribution in [0.4, 0.5) is 14.6 Å². The fraction of sp³-hybridized carbons (Fsp3) is 0.308. The lowest BCUT2D eigenvalue weighted by molar-refractivity contribution is 0.155. The molecule has 0 bridgehead atoms. The molecule has 0 aliphatic carbocycles. The fourth-order valence-electron chi connectivity index (χ4n) is 1.85. The highest BCUT2D eigenvalue weighted by Crippen LogP contribution is 2.18. The van der Waals surface area contributed by atoms with Crippen LogP contribution in [0, 0.1) is 0 Å². The maximum atomic E-state index is 12.5. The first-order valence-corrected chi connectivity index (χ1v) is 5.79. The number of alkyl halides is 2. The highest BCUT2D eigenvalue weighted by Gasteiger charge is 2.13. The number of nitrogens with zero attached hydrogens (tertiary/aromatic N) is 2. The lowest BCUT2D eigenvalue weighted by Gasteiger charge is -2.22. The van der Waals surface area contributed by atoms with Gasteiger partial charge in [0.15, 0.2) is 0 Å². The summed E-state index contributed by atoms with van der Waals surface area (Å²) in [4.78, 5) is 5.90. The van der Waals surface area contributed by atoms with Gasteiger partial charge < -0.3 is 10.6 Å². The SMILES string of the molecule is NCCN(CC(F)F)c1ccc2ccccc2n1. The zero-order valence-electron chi connectivity index (χ0n) is 9.89. The Hall–Kier alpha value is -1.75. The Balaban J connectivity index is 2.31. The Kier molecular flexibility index (Phi) is 4.04. The third kappa shape index (κ3) is 2.92. The lowest BCUT2D eigenvalue weighted by atomic mass is 10.2. The van der Waals surface area contributed by atoms with Gasteiger partial charge in [-0.3, -0.25) is 0 Å². The van der Waals surface area contributed by atoms with Gasteiger partial charge in [-0.2, -0.15) is 0 Å². The van der Waals surface area contributed by atoms with Gasteiger partial charge in [0.05, 0.1) is 12.1 Å². The number of rotatable bonds is 5. The van der Waals surface area contributed by atoms with Gasteiger partial charge in [0.2, 0.25) is 0 Å². The van der Waals surface area contributed by atoms with Crippen LogP contribution < -0.4 is 10.6 Å². The normalized spacial score (nSPS) is 11.1. The first-order chi connectivity index (χ1) is 8.70. The zero-order valence-corrected chi connectivity index (χ0v) is 9.89. The van der Waals surface area contributed by atoms with Gasteiger partial charge in [-0.05, 0) is 18.2 Å². The highest BCUT2D eigenvalue weighted by molar-refractivity contribution is 5.80. The van der Waals surface area contributed by atoms with Crippen LogP contribution in [0.15, 0.2) is 36.4 Å². The first-order valence-electron chi connectivity index (χ1n) is 5.79. The summed E-state index contributed by atoms with van der Waals surface area (Å²) >= 11 is 0. The molecule has 0 radical (unpaired) electrons. The molecule has 2 rings (SSSR count). The number of benzene rings is 1. The van der Waals surface area contributed by atoms with E-state index in [1.165, 1.54) is 4.90 Å². The predicted octanol–water partition coefficient (Wildman–Crippen LogP) is 2.27. The maximum Gasteiger partial charge on any atom is 0.255 e. The van der Waals surface area contributed by atoms with Crippen molar-refractivity contribution in [1.82, 2.24) is 4.98 Å². The van der Waals surface area contributed by atoms with Gasteiger partial charge in [0, 0.05) is 18.5 Å². The molecule has 3 nitrogen and oxygen atoms in total. The molecule has 2 N–H and O–H groups in total. The number of para-hydroxylation sites is 1. The number of halogens is 2. The number of hydrogen-bond donors (Lipinski definition) is 1. The Morgan fingerprint density at radius 2 is 1.94 bits per heavy atom. The predicted molar refractivity (Wildman–Crippen MR) is 69.0 cm³/mol. The molecule has 5 heteroatoms. The second-order valence-electron chi connectivity index (χ2n) is 3.99. The molecule has 1 heterocycles. The largest absolute Gasteiger partial charge is 0.350 e. The van der Waals surface area contributed by atoms with Gasteiger partial charge in [-0.1, -0.05) is 18.2 Å². The molecule has 0 unspecified atom stereocenters. The van der Waals surface area contributed by atoms with Crippen molar-refractivity contribution in [2.75, 3.05) is 24.5 Å². The molecule has 1 aromatic heterocycles. The van der Waals surface area contributed by atoms with Gasteiger partial charge in [-0.25, -0.2) is 13.8 Å². The van der Waals surface area contributed by atoms with E-state index in [0.29, 0.717) is 18.9 Å². The average molecular weight is 251 g/mol. The maximum absolute atomic E-state index is 12.5. The Morgan fingerprint density at radius 3 is 2.67 bits per heavy atom. The smallest absolute Gasteiger partial charge is 0.255 e. The molecule has 0 aliphatic heterocycles. The minimum Gasteiger partial charge on any atom is -0.350 e. The quantitative estimate of drug-likeness (QED) is 0.886. The summed E-state index contributed by atoms with van der Waals surface area (Å²) < 4.78 is 25.0. The van der Waals surface area contributed by atoms with E-state index < -0.39 is 6.43 Å². The van der Waals surface area contributed by atoms with Crippen LogP contribution >= 0.6 is 0 Å². The van der Waals surface area contributed by atoms with E-state index in [-0.39, 0.29) is 6.54 Å². The van der Waals surface area contributed by atoms with Crippen LogP contribution in [0.2, 0.25) is 0 Å². The molecule has 0 fully saturated rings. The third-order valence-electron chi connectivity index (χ3n) is 2.67. The fourth-order valence-corrected chi connectivity index (χ4v) is 1.85. The minimum atomic E-state index is -2.40. The summed E-state index contributed by atoms with van der Waals surface area (Å²) in [5.41, 5.74) is 6.24. The van der Waals surface area contributed by atoms with E-state index in [1.807, 2.05) is 30.3 Å². The third-order valence-corrected chi connectivity index (χ3v) is 2.67. The Morgan fingerprint density at radius 1 is 1.17 bits per heavy atom. The van der Waals surface area contributed by atoms with Crippen molar-refractivity contribution in [3.63, 3.8) is 0 Å². The number of anilines is 1. The van der Waals surface area contributed by atoms with Crippen molar-refractivity contribution >= 4 is 16.7 Å². The average Bonchev–Trinajstić information content (AvgIpc) is 2.37. The van der Waals surface area contributed by atoms with Crippen LogP contribution in [0.5, 0.6) is 0 Å². The number of aromatic nitrogens is 1. The second-order valence-corrected chi connectivity index (χ2v) is 3.99. The van der Waals surface area contributed by atoms with Gasteiger partial charge in [-0.15, -0.1) is 0 Å². The summed E-state index contributed by atoms with van der Waals surface area (Å²) in [5, 5.41) is 0.992. The highest BCUT2D eigenvalue weighted by atomic mass is 19.3. The summed E-state index contributed by atoms with van der Waals surface area (Å²) in [5.74, 6) is 0.541. The van der Waals surface area contributed by atoms with E-state index >= 15 is 0 Å². The van der Waals surface area contributed by atoms with Crippen molar-refractivity contribution in [3.05, 3.63) is 36.4 Å². The molecule has 96 valence electrons. The van der Waals surface area contributed by atoms with Gasteiger partial charge in [0.25, 0.3) is 6.43 Å². The number of nitrogens with two attached hydrogens (primary N) is 1. The number of fused-ring (bicyclic) bond motifs is 1. The molecular formula is C13H15F2N3. The van der Waals surface area contributed by atoms with Crippen molar-refractivity contribution in [2.45, 2.75) is 6.43 Å². The van der Waals surface area contributed by atoms with E-state index in [4.69, 9.17) is 5.73 Å². The van der Waals surface area contributed by atoms with Crippen LogP contribution in [0.3, 0.4) is 0 Å². The lowest BCUT2D eigenvalue weighted by Crippen LogP contribution is -2.34. The van der Waals surface area contributed by atoms with Crippen LogP contribution in [0.1, 0.15) is 0 Å². The van der Waals surface area contributed by atoms with E-state index in [1.54, 1.807) is 6.07 Å². The molecule has 0 saturated carbocycles. The van der Waals surface area contributed by atoms with Crippen molar-refractivity contribution in [3.8, 4) is 0 Å². The van der Waals surface area contributed by atoms with Crippen molar-refractivity contribution < 1.29 is 8.78 Å². The van der Waals surface area contributed by atoms with Crippen molar-refractivity contribution in [2.24, 2.45) is 5.73 Å². The molecule has 2 aromatic rings. The molecule has 0 spiro atoms. The minimum absolute atomic E-state index is 0.321. The first kappa shape index (κ1) is 12.7. The topological polar surface area (TPSA) is 42.1 Å². The Labute approximate surface area is 104 Å². The number of hydrogen-bond acceptors (Lipinski definition) is 3. The van der Waals surface area contributed by atoms with Crippen LogP contribution in [-0.2, 0) is 0 Å².